The fraction of sp³-hybridized carbons (Fsp3) is 0.263. The Morgan fingerprint density at radius 3 is 2.40 bits per heavy atom. The summed E-state index contributed by atoms with van der Waals surface area (Å²) in [7, 11) is 1.56. The van der Waals surface area contributed by atoms with Gasteiger partial charge in [0.2, 0.25) is 17.7 Å². The Labute approximate surface area is 314 Å². The first-order chi connectivity index (χ1) is 25.5. The van der Waals surface area contributed by atoms with Crippen LogP contribution in [0.4, 0.5) is 4.79 Å². The number of pyridine rings is 2. The minimum atomic E-state index is -1.19. The van der Waals surface area contributed by atoms with E-state index in [1.54, 1.807) is 25.4 Å². The summed E-state index contributed by atoms with van der Waals surface area (Å²) in [4.78, 5) is 58.4. The molecule has 1 fully saturated rings. The Morgan fingerprint density at radius 1 is 1.00 bits per heavy atom. The van der Waals surface area contributed by atoms with Gasteiger partial charge in [-0.3, -0.25) is 18.8 Å². The molecule has 0 radical (unpaired) electrons. The van der Waals surface area contributed by atoms with Crippen molar-refractivity contribution in [1.82, 2.24) is 35.2 Å². The lowest BCUT2D eigenvalue weighted by atomic mass is 9.97. The molecule has 0 aliphatic carbocycles. The van der Waals surface area contributed by atoms with Gasteiger partial charge in [-0.2, -0.15) is 0 Å². The minimum Gasteiger partial charge on any atom is -0.481 e. The number of nitrogens with zero attached hydrogens (tertiary/aromatic N) is 4. The summed E-state index contributed by atoms with van der Waals surface area (Å²) < 4.78 is 6.95. The second-order valence-electron chi connectivity index (χ2n) is 12.6. The molecule has 274 valence electrons. The highest BCUT2D eigenvalue weighted by Crippen LogP contribution is 2.42. The molecule has 4 heterocycles. The number of carboxylic acid groups (broad SMARTS) is 1. The lowest BCUT2D eigenvalue weighted by Gasteiger charge is -2.22. The van der Waals surface area contributed by atoms with Crippen LogP contribution in [0.3, 0.4) is 0 Å². The van der Waals surface area contributed by atoms with Crippen molar-refractivity contribution in [2.75, 3.05) is 26.7 Å². The fourth-order valence-electron chi connectivity index (χ4n) is 6.27. The fourth-order valence-corrected chi connectivity index (χ4v) is 6.93. The molecule has 4 N–H and O–H groups in total. The minimum absolute atomic E-state index is 0.0711. The quantitative estimate of drug-likeness (QED) is 0.115. The Kier molecular flexibility index (Phi) is 11.6. The van der Waals surface area contributed by atoms with E-state index in [2.05, 4.69) is 20.9 Å². The molecular formula is C38H37Cl2N7O6. The van der Waals surface area contributed by atoms with Crippen LogP contribution in [0.1, 0.15) is 30.9 Å². The number of rotatable bonds is 13. The van der Waals surface area contributed by atoms with Crippen LogP contribution < -0.4 is 26.2 Å². The highest BCUT2D eigenvalue weighted by atomic mass is 35.5. The van der Waals surface area contributed by atoms with E-state index >= 15 is 0 Å². The molecule has 5 aromatic rings. The summed E-state index contributed by atoms with van der Waals surface area (Å²) >= 11 is 14.1. The summed E-state index contributed by atoms with van der Waals surface area (Å²) in [6.45, 7) is 2.97. The van der Waals surface area contributed by atoms with Crippen molar-refractivity contribution >= 4 is 46.8 Å². The summed E-state index contributed by atoms with van der Waals surface area (Å²) in [6, 6.07) is 18.2. The van der Waals surface area contributed by atoms with Crippen LogP contribution in [0.15, 0.2) is 77.9 Å². The van der Waals surface area contributed by atoms with E-state index in [9.17, 15) is 24.3 Å². The van der Waals surface area contributed by atoms with E-state index in [-0.39, 0.29) is 36.5 Å². The second kappa shape index (κ2) is 16.4. The highest BCUT2D eigenvalue weighted by molar-refractivity contribution is 6.39. The molecule has 1 saturated heterocycles. The number of ether oxygens (including phenoxy) is 1. The van der Waals surface area contributed by atoms with Gasteiger partial charge in [0.15, 0.2) is 0 Å². The third kappa shape index (κ3) is 8.43. The van der Waals surface area contributed by atoms with Crippen molar-refractivity contribution in [3.05, 3.63) is 105 Å². The molecule has 0 bridgehead atoms. The van der Waals surface area contributed by atoms with Gasteiger partial charge < -0.3 is 30.7 Å². The Hall–Kier alpha value is -5.50. The molecule has 3 amide bonds. The van der Waals surface area contributed by atoms with Gasteiger partial charge in [-0.1, -0.05) is 65.7 Å². The van der Waals surface area contributed by atoms with Gasteiger partial charge in [0.05, 0.1) is 35.0 Å². The van der Waals surface area contributed by atoms with E-state index in [4.69, 9.17) is 32.9 Å². The van der Waals surface area contributed by atoms with Gasteiger partial charge in [0, 0.05) is 85.8 Å². The van der Waals surface area contributed by atoms with Crippen LogP contribution in [-0.4, -0.2) is 75.1 Å². The van der Waals surface area contributed by atoms with Gasteiger partial charge in [-0.05, 0) is 30.2 Å². The van der Waals surface area contributed by atoms with E-state index in [1.807, 2.05) is 48.5 Å². The van der Waals surface area contributed by atoms with Crippen LogP contribution >= 0.6 is 23.2 Å². The number of hydrogen-bond acceptors (Lipinski definition) is 8. The van der Waals surface area contributed by atoms with Crippen molar-refractivity contribution in [2.24, 2.45) is 0 Å². The third-order valence-corrected chi connectivity index (χ3v) is 9.75. The predicted molar refractivity (Wildman–Crippen MR) is 202 cm³/mol. The molecule has 1 aliphatic heterocycles. The number of hydrogen-bond donors (Lipinski definition) is 4. The number of benzene rings is 2. The third-order valence-electron chi connectivity index (χ3n) is 8.94. The number of nitrogens with one attached hydrogen (secondary N) is 3. The topological polar surface area (TPSA) is 167 Å². The number of fused-ring (bicyclic) bond motifs is 1. The number of carbonyl (C=O) groups is 3. The normalized spacial score (nSPS) is 13.9. The summed E-state index contributed by atoms with van der Waals surface area (Å²) in [5.74, 6) is 0.248. The van der Waals surface area contributed by atoms with Gasteiger partial charge in [-0.25, -0.2) is 14.8 Å². The molecule has 3 aromatic heterocycles. The molecule has 1 aliphatic rings. The first-order valence-electron chi connectivity index (χ1n) is 16.9. The van der Waals surface area contributed by atoms with Crippen molar-refractivity contribution in [2.45, 2.75) is 38.9 Å². The van der Waals surface area contributed by atoms with E-state index < -0.39 is 11.7 Å². The monoisotopic (exact) mass is 757 g/mol. The standard InChI is InChI=1S/C38H37Cl2N7O6/c1-22(48)42-15-14-41-18-24-9-11-31(45-36(24)53-2)30-8-4-7-29(35(30)40)28-6-3-5-27(34(28)39)23-13-16-47-32(17-23)43-19-25(37(47)50)20-46(38(51)52)21-26-10-12-33(49)44-26/h3-9,11,13,16-17,19,26,41H,10,12,14-15,18,20-21H2,1-2H3,(H,42,48)(H,44,49)(H,51,52)/t26-/m0/s1. The first-order valence-corrected chi connectivity index (χ1v) is 17.6. The number of halogens is 2. The van der Waals surface area contributed by atoms with Crippen molar-refractivity contribution in [3.63, 3.8) is 0 Å². The van der Waals surface area contributed by atoms with Crippen molar-refractivity contribution in [3.8, 4) is 39.4 Å². The molecule has 13 nitrogen and oxygen atoms in total. The largest absolute Gasteiger partial charge is 0.481 e. The average molecular weight is 759 g/mol. The van der Waals surface area contributed by atoms with Gasteiger partial charge in [0.25, 0.3) is 5.56 Å². The molecule has 53 heavy (non-hydrogen) atoms. The van der Waals surface area contributed by atoms with E-state index in [1.165, 1.54) is 17.5 Å². The Morgan fingerprint density at radius 2 is 1.72 bits per heavy atom. The summed E-state index contributed by atoms with van der Waals surface area (Å²) in [5.41, 5.74) is 5.10. The molecular weight excluding hydrogens is 721 g/mol. The number of methoxy groups -OCH3 is 1. The van der Waals surface area contributed by atoms with E-state index in [0.29, 0.717) is 87.6 Å². The van der Waals surface area contributed by atoms with Crippen LogP contribution in [0.2, 0.25) is 10.0 Å². The van der Waals surface area contributed by atoms with Crippen molar-refractivity contribution < 1.29 is 24.2 Å². The number of amides is 3. The van der Waals surface area contributed by atoms with Gasteiger partial charge in [-0.15, -0.1) is 0 Å². The summed E-state index contributed by atoms with van der Waals surface area (Å²) in [5, 5.41) is 19.4. The maximum absolute atomic E-state index is 13.4. The lowest BCUT2D eigenvalue weighted by Crippen LogP contribution is -2.42. The van der Waals surface area contributed by atoms with Gasteiger partial charge >= 0.3 is 6.09 Å². The zero-order chi connectivity index (χ0) is 37.6. The Balaban J connectivity index is 1.24. The SMILES string of the molecule is COc1nc(-c2cccc(-c3cccc(-c4ccn5c(=O)c(CN(C[C@@H]6CCC(=O)N6)C(=O)O)cnc5c4)c3Cl)c2Cl)ccc1CNCCNC(C)=O. The van der Waals surface area contributed by atoms with E-state index in [0.717, 1.165) is 10.5 Å². The second-order valence-corrected chi connectivity index (χ2v) is 13.3. The number of aromatic nitrogens is 3. The molecule has 2 aromatic carbocycles. The maximum atomic E-state index is 13.4. The van der Waals surface area contributed by atoms with Gasteiger partial charge in [0.1, 0.15) is 5.65 Å². The number of carbonyl (C=O) groups excluding carboxylic acids is 2. The van der Waals surface area contributed by atoms with Crippen molar-refractivity contribution in [1.29, 1.82) is 0 Å². The molecule has 0 unspecified atom stereocenters. The maximum Gasteiger partial charge on any atom is 0.407 e. The van der Waals surface area contributed by atoms with Crippen LogP contribution in [0, 0.1) is 0 Å². The molecule has 0 spiro atoms. The Bertz CT molecular complexity index is 2260. The van der Waals surface area contributed by atoms with Crippen LogP contribution in [-0.2, 0) is 22.7 Å². The molecule has 1 atom stereocenters. The zero-order valence-corrected chi connectivity index (χ0v) is 30.5. The molecule has 15 heteroatoms. The lowest BCUT2D eigenvalue weighted by molar-refractivity contribution is -0.120. The highest BCUT2D eigenvalue weighted by Gasteiger charge is 2.26. The zero-order valence-electron chi connectivity index (χ0n) is 29.0. The first kappa shape index (κ1) is 37.3. The van der Waals surface area contributed by atoms with Crippen LogP contribution in [0.5, 0.6) is 5.88 Å². The smallest absolute Gasteiger partial charge is 0.407 e. The predicted octanol–water partition coefficient (Wildman–Crippen LogP) is 5.39. The van der Waals surface area contributed by atoms with Crippen LogP contribution in [0.25, 0.3) is 39.2 Å². The molecule has 0 saturated carbocycles. The summed E-state index contributed by atoms with van der Waals surface area (Å²) in [6.07, 6.45) is 2.65. The molecule has 6 rings (SSSR count). The average Bonchev–Trinajstić information content (AvgIpc) is 3.56.